The lowest BCUT2D eigenvalue weighted by Gasteiger charge is -2.11. The number of hydrogen-bond donors (Lipinski definition) is 2. The molecule has 2 N–H and O–H groups in total. The molecular weight excluding hydrogens is 314 g/mol. The molecule has 0 aliphatic carbocycles. The van der Waals surface area contributed by atoms with Crippen LogP contribution >= 0.6 is 11.6 Å². The van der Waals surface area contributed by atoms with Crippen LogP contribution in [0.5, 0.6) is 0 Å². The van der Waals surface area contributed by atoms with Crippen LogP contribution < -0.4 is 10.6 Å². The molecule has 1 aromatic heterocycles. The summed E-state index contributed by atoms with van der Waals surface area (Å²) in [6.45, 7) is 3.40. The van der Waals surface area contributed by atoms with Gasteiger partial charge in [-0.05, 0) is 44.8 Å². The van der Waals surface area contributed by atoms with Crippen molar-refractivity contribution in [2.45, 2.75) is 6.92 Å². The smallest absolute Gasteiger partial charge is 0.274 e. The maximum Gasteiger partial charge on any atom is 0.274 e. The molecule has 0 atom stereocenters. The SMILES string of the molecule is Cc1c(Cl)cccc1NC(=O)c1ccnc(NCCN(C)C)n1. The first-order valence-corrected chi connectivity index (χ1v) is 7.63. The summed E-state index contributed by atoms with van der Waals surface area (Å²) in [6.07, 6.45) is 1.56. The van der Waals surface area contributed by atoms with Crippen molar-refractivity contribution in [1.82, 2.24) is 14.9 Å². The number of aromatic nitrogens is 2. The van der Waals surface area contributed by atoms with E-state index >= 15 is 0 Å². The maximum absolute atomic E-state index is 12.3. The molecule has 1 heterocycles. The zero-order chi connectivity index (χ0) is 16.8. The van der Waals surface area contributed by atoms with E-state index in [4.69, 9.17) is 11.6 Å². The van der Waals surface area contributed by atoms with Crippen LogP contribution in [-0.2, 0) is 0 Å². The Balaban J connectivity index is 2.06. The zero-order valence-corrected chi connectivity index (χ0v) is 14.2. The van der Waals surface area contributed by atoms with E-state index in [2.05, 4.69) is 20.6 Å². The van der Waals surface area contributed by atoms with Crippen LogP contribution in [0.2, 0.25) is 5.02 Å². The van der Waals surface area contributed by atoms with Gasteiger partial charge in [0.25, 0.3) is 5.91 Å². The molecule has 0 unspecified atom stereocenters. The van der Waals surface area contributed by atoms with Gasteiger partial charge in [-0.25, -0.2) is 9.97 Å². The number of nitrogens with zero attached hydrogens (tertiary/aromatic N) is 3. The number of nitrogens with one attached hydrogen (secondary N) is 2. The second-order valence-corrected chi connectivity index (χ2v) is 5.77. The highest BCUT2D eigenvalue weighted by molar-refractivity contribution is 6.31. The standard InChI is InChI=1S/C16H20ClN5O/c1-11-12(17)5-4-6-13(11)20-15(23)14-7-8-18-16(21-14)19-9-10-22(2)3/h4-8H,9-10H2,1-3H3,(H,20,23)(H,18,19,21). The largest absolute Gasteiger partial charge is 0.353 e. The summed E-state index contributed by atoms with van der Waals surface area (Å²) >= 11 is 6.06. The third-order valence-corrected chi connectivity index (χ3v) is 3.66. The minimum atomic E-state index is -0.298. The molecule has 7 heteroatoms. The monoisotopic (exact) mass is 333 g/mol. The molecule has 0 spiro atoms. The Morgan fingerprint density at radius 2 is 2.09 bits per heavy atom. The Kier molecular flexibility index (Phi) is 5.90. The molecular formula is C16H20ClN5O. The summed E-state index contributed by atoms with van der Waals surface area (Å²) in [5, 5.41) is 6.52. The first kappa shape index (κ1) is 17.2. The van der Waals surface area contributed by atoms with Crippen molar-refractivity contribution in [2.24, 2.45) is 0 Å². The van der Waals surface area contributed by atoms with E-state index in [1.54, 1.807) is 30.5 Å². The average Bonchev–Trinajstić information content (AvgIpc) is 2.52. The number of rotatable bonds is 6. The van der Waals surface area contributed by atoms with E-state index in [0.29, 0.717) is 28.9 Å². The first-order valence-electron chi connectivity index (χ1n) is 7.25. The Bertz CT molecular complexity index is 690. The third kappa shape index (κ3) is 4.91. The van der Waals surface area contributed by atoms with Crippen LogP contribution in [-0.4, -0.2) is 48.0 Å². The van der Waals surface area contributed by atoms with E-state index in [-0.39, 0.29) is 5.91 Å². The van der Waals surface area contributed by atoms with E-state index in [1.165, 1.54) is 0 Å². The maximum atomic E-state index is 12.3. The van der Waals surface area contributed by atoms with Gasteiger partial charge < -0.3 is 15.5 Å². The summed E-state index contributed by atoms with van der Waals surface area (Å²) in [5.41, 5.74) is 1.79. The lowest BCUT2D eigenvalue weighted by Crippen LogP contribution is -2.22. The van der Waals surface area contributed by atoms with Crippen molar-refractivity contribution in [1.29, 1.82) is 0 Å². The van der Waals surface area contributed by atoms with Crippen LogP contribution in [0.1, 0.15) is 16.1 Å². The Morgan fingerprint density at radius 3 is 2.83 bits per heavy atom. The molecule has 0 aliphatic rings. The normalized spacial score (nSPS) is 10.7. The summed E-state index contributed by atoms with van der Waals surface area (Å²) in [7, 11) is 3.97. The Hall–Kier alpha value is -2.18. The fraction of sp³-hybridized carbons (Fsp3) is 0.312. The topological polar surface area (TPSA) is 70.2 Å². The number of amides is 1. The lowest BCUT2D eigenvalue weighted by atomic mass is 10.2. The molecule has 23 heavy (non-hydrogen) atoms. The molecule has 6 nitrogen and oxygen atoms in total. The number of likely N-dealkylation sites (N-methyl/N-ethyl adjacent to an activating group) is 1. The minimum absolute atomic E-state index is 0.298. The van der Waals surface area contributed by atoms with Gasteiger partial charge in [-0.1, -0.05) is 17.7 Å². The number of carbonyl (C=O) groups excluding carboxylic acids is 1. The quantitative estimate of drug-likeness (QED) is 0.850. The lowest BCUT2D eigenvalue weighted by molar-refractivity contribution is 0.102. The summed E-state index contributed by atoms with van der Waals surface area (Å²) < 4.78 is 0. The van der Waals surface area contributed by atoms with Crippen molar-refractivity contribution in [2.75, 3.05) is 37.8 Å². The van der Waals surface area contributed by atoms with Crippen LogP contribution in [0.3, 0.4) is 0 Å². The van der Waals surface area contributed by atoms with E-state index in [9.17, 15) is 4.79 Å². The van der Waals surface area contributed by atoms with Gasteiger partial charge in [0, 0.05) is 30.0 Å². The van der Waals surface area contributed by atoms with Crippen LogP contribution in [0.15, 0.2) is 30.5 Å². The van der Waals surface area contributed by atoms with Gasteiger partial charge >= 0.3 is 0 Å². The number of anilines is 2. The molecule has 1 amide bonds. The number of hydrogen-bond acceptors (Lipinski definition) is 5. The molecule has 0 saturated heterocycles. The zero-order valence-electron chi connectivity index (χ0n) is 13.4. The molecule has 122 valence electrons. The van der Waals surface area contributed by atoms with Crippen LogP contribution in [0.4, 0.5) is 11.6 Å². The van der Waals surface area contributed by atoms with Crippen LogP contribution in [0.25, 0.3) is 0 Å². The summed E-state index contributed by atoms with van der Waals surface area (Å²) in [6, 6.07) is 6.95. The third-order valence-electron chi connectivity index (χ3n) is 3.25. The van der Waals surface area contributed by atoms with Gasteiger partial charge in [-0.15, -0.1) is 0 Å². The van der Waals surface area contributed by atoms with E-state index in [1.807, 2.05) is 25.9 Å². The summed E-state index contributed by atoms with van der Waals surface area (Å²) in [4.78, 5) is 22.7. The van der Waals surface area contributed by atoms with Crippen molar-refractivity contribution in [3.8, 4) is 0 Å². The molecule has 0 radical (unpaired) electrons. The Morgan fingerprint density at radius 1 is 1.30 bits per heavy atom. The van der Waals surface area contributed by atoms with Crippen molar-refractivity contribution < 1.29 is 4.79 Å². The highest BCUT2D eigenvalue weighted by Gasteiger charge is 2.11. The van der Waals surface area contributed by atoms with E-state index < -0.39 is 0 Å². The number of benzene rings is 1. The molecule has 0 saturated carbocycles. The molecule has 0 fully saturated rings. The van der Waals surface area contributed by atoms with Gasteiger partial charge in [0.05, 0.1) is 0 Å². The van der Waals surface area contributed by atoms with E-state index in [0.717, 1.165) is 12.1 Å². The van der Waals surface area contributed by atoms with Gasteiger partial charge in [0.2, 0.25) is 5.95 Å². The highest BCUT2D eigenvalue weighted by atomic mass is 35.5. The molecule has 0 bridgehead atoms. The minimum Gasteiger partial charge on any atom is -0.353 e. The van der Waals surface area contributed by atoms with Crippen LogP contribution in [0, 0.1) is 6.92 Å². The molecule has 0 aliphatic heterocycles. The first-order chi connectivity index (χ1) is 11.0. The number of halogens is 1. The molecule has 1 aromatic carbocycles. The Labute approximate surface area is 140 Å². The highest BCUT2D eigenvalue weighted by Crippen LogP contribution is 2.23. The fourth-order valence-corrected chi connectivity index (χ4v) is 2.07. The van der Waals surface area contributed by atoms with Gasteiger partial charge in [-0.2, -0.15) is 0 Å². The second kappa shape index (κ2) is 7.89. The van der Waals surface area contributed by atoms with Crippen molar-refractivity contribution in [3.63, 3.8) is 0 Å². The predicted octanol–water partition coefficient (Wildman–Crippen LogP) is 2.66. The molecule has 2 rings (SSSR count). The number of carbonyl (C=O) groups is 1. The van der Waals surface area contributed by atoms with Gasteiger partial charge in [-0.3, -0.25) is 4.79 Å². The van der Waals surface area contributed by atoms with Crippen molar-refractivity contribution in [3.05, 3.63) is 46.7 Å². The van der Waals surface area contributed by atoms with Crippen molar-refractivity contribution >= 4 is 29.1 Å². The van der Waals surface area contributed by atoms with Gasteiger partial charge in [0.1, 0.15) is 5.69 Å². The molecule has 2 aromatic rings. The summed E-state index contributed by atoms with van der Waals surface area (Å²) in [5.74, 6) is 0.135. The average molecular weight is 334 g/mol. The van der Waals surface area contributed by atoms with Gasteiger partial charge in [0.15, 0.2) is 0 Å². The predicted molar refractivity (Wildman–Crippen MR) is 93.2 cm³/mol. The second-order valence-electron chi connectivity index (χ2n) is 5.36. The fourth-order valence-electron chi connectivity index (χ4n) is 1.89.